The number of aromatic hydroxyl groups is 1. The van der Waals surface area contributed by atoms with Gasteiger partial charge in [-0.25, -0.2) is 0 Å². The molecule has 0 saturated heterocycles. The summed E-state index contributed by atoms with van der Waals surface area (Å²) in [4.78, 5) is 12.2. The van der Waals surface area contributed by atoms with Crippen molar-refractivity contribution in [3.8, 4) is 11.5 Å². The zero-order chi connectivity index (χ0) is 14.7. The van der Waals surface area contributed by atoms with Gasteiger partial charge in [0.05, 0.1) is 12.8 Å². The van der Waals surface area contributed by atoms with Gasteiger partial charge in [-0.15, -0.1) is 0 Å². The van der Waals surface area contributed by atoms with E-state index < -0.39 is 0 Å². The molecule has 0 aliphatic carbocycles. The van der Waals surface area contributed by atoms with Crippen molar-refractivity contribution in [1.82, 2.24) is 0 Å². The van der Waals surface area contributed by atoms with Gasteiger partial charge < -0.3 is 15.2 Å². The van der Waals surface area contributed by atoms with Crippen molar-refractivity contribution in [2.24, 2.45) is 0 Å². The molecule has 0 spiro atoms. The molecule has 2 rings (SSSR count). The fourth-order valence-electron chi connectivity index (χ4n) is 1.86. The summed E-state index contributed by atoms with van der Waals surface area (Å²) in [6.07, 6.45) is 0. The van der Waals surface area contributed by atoms with E-state index in [0.29, 0.717) is 17.0 Å². The minimum absolute atomic E-state index is 0.105. The number of methoxy groups -OCH3 is 1. The average molecular weight is 271 g/mol. The number of carbonyl (C=O) groups is 1. The van der Waals surface area contributed by atoms with Crippen LogP contribution in [-0.4, -0.2) is 18.1 Å². The predicted molar refractivity (Wildman–Crippen MR) is 78.5 cm³/mol. The SMILES string of the molecule is COc1ccc(C)cc1NC(=O)c1ccc(C)c(O)c1. The van der Waals surface area contributed by atoms with Crippen molar-refractivity contribution in [2.75, 3.05) is 12.4 Å². The van der Waals surface area contributed by atoms with Gasteiger partial charge >= 0.3 is 0 Å². The van der Waals surface area contributed by atoms with Crippen molar-refractivity contribution in [3.63, 3.8) is 0 Å². The van der Waals surface area contributed by atoms with Crippen LogP contribution in [0.4, 0.5) is 5.69 Å². The lowest BCUT2D eigenvalue weighted by molar-refractivity contribution is 0.102. The summed E-state index contributed by atoms with van der Waals surface area (Å²) < 4.78 is 5.22. The number of nitrogens with one attached hydrogen (secondary N) is 1. The van der Waals surface area contributed by atoms with Gasteiger partial charge in [0.15, 0.2) is 0 Å². The molecule has 1 amide bonds. The summed E-state index contributed by atoms with van der Waals surface area (Å²) >= 11 is 0. The van der Waals surface area contributed by atoms with Gasteiger partial charge in [-0.2, -0.15) is 0 Å². The van der Waals surface area contributed by atoms with Crippen LogP contribution in [0.3, 0.4) is 0 Å². The first-order valence-electron chi connectivity index (χ1n) is 6.27. The normalized spacial score (nSPS) is 10.2. The maximum Gasteiger partial charge on any atom is 0.255 e. The molecule has 0 aromatic heterocycles. The zero-order valence-electron chi connectivity index (χ0n) is 11.7. The van der Waals surface area contributed by atoms with E-state index in [4.69, 9.17) is 4.74 Å². The van der Waals surface area contributed by atoms with Gasteiger partial charge in [0.25, 0.3) is 5.91 Å². The number of hydrogen-bond acceptors (Lipinski definition) is 3. The number of ether oxygens (including phenoxy) is 1. The topological polar surface area (TPSA) is 58.6 Å². The van der Waals surface area contributed by atoms with Gasteiger partial charge in [-0.3, -0.25) is 4.79 Å². The van der Waals surface area contributed by atoms with Gasteiger partial charge in [-0.05, 0) is 49.2 Å². The van der Waals surface area contributed by atoms with Crippen LogP contribution in [0.25, 0.3) is 0 Å². The average Bonchev–Trinajstić information content (AvgIpc) is 2.42. The molecule has 0 radical (unpaired) electrons. The lowest BCUT2D eigenvalue weighted by Crippen LogP contribution is -2.12. The van der Waals surface area contributed by atoms with E-state index in [-0.39, 0.29) is 11.7 Å². The standard InChI is InChI=1S/C16H17NO3/c1-10-4-7-15(20-3)13(8-10)17-16(19)12-6-5-11(2)14(18)9-12/h4-9,18H,1-3H3,(H,17,19). The highest BCUT2D eigenvalue weighted by Gasteiger charge is 2.11. The van der Waals surface area contributed by atoms with Crippen LogP contribution in [-0.2, 0) is 0 Å². The van der Waals surface area contributed by atoms with E-state index in [2.05, 4.69) is 5.32 Å². The number of anilines is 1. The Morgan fingerprint density at radius 3 is 2.55 bits per heavy atom. The Hall–Kier alpha value is -2.49. The lowest BCUT2D eigenvalue weighted by atomic mass is 10.1. The number of rotatable bonds is 3. The molecule has 0 bridgehead atoms. The van der Waals surface area contributed by atoms with Crippen LogP contribution < -0.4 is 10.1 Å². The molecule has 104 valence electrons. The molecule has 2 aromatic rings. The Morgan fingerprint density at radius 2 is 1.90 bits per heavy atom. The summed E-state index contributed by atoms with van der Waals surface area (Å²) in [6, 6.07) is 10.4. The zero-order valence-corrected chi connectivity index (χ0v) is 11.7. The molecule has 0 heterocycles. The Morgan fingerprint density at radius 1 is 1.15 bits per heavy atom. The van der Waals surface area contributed by atoms with Crippen LogP contribution in [0, 0.1) is 13.8 Å². The fraction of sp³-hybridized carbons (Fsp3) is 0.188. The molecule has 0 aliphatic heterocycles. The molecule has 2 N–H and O–H groups in total. The van der Waals surface area contributed by atoms with E-state index in [1.807, 2.05) is 19.1 Å². The lowest BCUT2D eigenvalue weighted by Gasteiger charge is -2.11. The molecule has 0 aliphatic rings. The first-order valence-corrected chi connectivity index (χ1v) is 6.27. The molecule has 0 unspecified atom stereocenters. The van der Waals surface area contributed by atoms with Gasteiger partial charge in [-0.1, -0.05) is 12.1 Å². The van der Waals surface area contributed by atoms with E-state index >= 15 is 0 Å². The van der Waals surface area contributed by atoms with Crippen molar-refractivity contribution in [3.05, 3.63) is 53.1 Å². The summed E-state index contributed by atoms with van der Waals surface area (Å²) in [6.45, 7) is 3.72. The smallest absolute Gasteiger partial charge is 0.255 e. The summed E-state index contributed by atoms with van der Waals surface area (Å²) in [5, 5.41) is 12.4. The number of benzene rings is 2. The maximum atomic E-state index is 12.2. The number of phenols is 1. The highest BCUT2D eigenvalue weighted by atomic mass is 16.5. The fourth-order valence-corrected chi connectivity index (χ4v) is 1.86. The maximum absolute atomic E-state index is 12.2. The molecule has 4 heteroatoms. The number of amides is 1. The molecule has 0 saturated carbocycles. The van der Waals surface area contributed by atoms with Gasteiger partial charge in [0, 0.05) is 5.56 Å². The van der Waals surface area contributed by atoms with Gasteiger partial charge in [0.2, 0.25) is 0 Å². The minimum Gasteiger partial charge on any atom is -0.508 e. The van der Waals surface area contributed by atoms with Gasteiger partial charge in [0.1, 0.15) is 11.5 Å². The van der Waals surface area contributed by atoms with Crippen molar-refractivity contribution in [2.45, 2.75) is 13.8 Å². The summed E-state index contributed by atoms with van der Waals surface area (Å²) in [7, 11) is 1.55. The van der Waals surface area contributed by atoms with Crippen molar-refractivity contribution < 1.29 is 14.6 Å². The first-order chi connectivity index (χ1) is 9.51. The first kappa shape index (κ1) is 13.9. The van der Waals surface area contributed by atoms with E-state index in [1.54, 1.807) is 32.2 Å². The predicted octanol–water partition coefficient (Wildman–Crippen LogP) is 3.27. The Bertz CT molecular complexity index is 650. The van der Waals surface area contributed by atoms with E-state index in [0.717, 1.165) is 11.1 Å². The minimum atomic E-state index is -0.288. The van der Waals surface area contributed by atoms with Crippen LogP contribution in [0.1, 0.15) is 21.5 Å². The highest BCUT2D eigenvalue weighted by Crippen LogP contribution is 2.26. The molecule has 4 nitrogen and oxygen atoms in total. The molecular formula is C16H17NO3. The number of aryl methyl sites for hydroxylation is 2. The van der Waals surface area contributed by atoms with Crippen LogP contribution in [0.5, 0.6) is 11.5 Å². The molecular weight excluding hydrogens is 254 g/mol. The third-order valence-corrected chi connectivity index (χ3v) is 3.07. The third kappa shape index (κ3) is 2.91. The van der Waals surface area contributed by atoms with E-state index in [9.17, 15) is 9.90 Å². The second kappa shape index (κ2) is 5.65. The van der Waals surface area contributed by atoms with E-state index in [1.165, 1.54) is 6.07 Å². The molecule has 2 aromatic carbocycles. The summed E-state index contributed by atoms with van der Waals surface area (Å²) in [5.74, 6) is 0.415. The highest BCUT2D eigenvalue weighted by molar-refractivity contribution is 6.05. The quantitative estimate of drug-likeness (QED) is 0.900. The molecule has 0 fully saturated rings. The monoisotopic (exact) mass is 271 g/mol. The van der Waals surface area contributed by atoms with Crippen LogP contribution in [0.2, 0.25) is 0 Å². The number of phenolic OH excluding ortho intramolecular Hbond substituents is 1. The second-order valence-electron chi connectivity index (χ2n) is 4.66. The molecule has 0 atom stereocenters. The summed E-state index contributed by atoms with van der Waals surface area (Å²) in [5.41, 5.74) is 2.76. The van der Waals surface area contributed by atoms with Crippen molar-refractivity contribution in [1.29, 1.82) is 0 Å². The Balaban J connectivity index is 2.27. The number of hydrogen-bond donors (Lipinski definition) is 2. The van der Waals surface area contributed by atoms with Crippen LogP contribution >= 0.6 is 0 Å². The largest absolute Gasteiger partial charge is 0.508 e. The molecule has 20 heavy (non-hydrogen) atoms. The third-order valence-electron chi connectivity index (χ3n) is 3.07. The van der Waals surface area contributed by atoms with Crippen molar-refractivity contribution >= 4 is 11.6 Å². The second-order valence-corrected chi connectivity index (χ2v) is 4.66. The Labute approximate surface area is 118 Å². The van der Waals surface area contributed by atoms with Crippen LogP contribution in [0.15, 0.2) is 36.4 Å². The number of carbonyl (C=O) groups excluding carboxylic acids is 1. The Kier molecular flexibility index (Phi) is 3.94.